The second-order valence-electron chi connectivity index (χ2n) is 5.00. The lowest BCUT2D eigenvalue weighted by Gasteiger charge is -2.08. The molecular weight excluding hydrogens is 286 g/mol. The average molecular weight is 303 g/mol. The number of rotatable bonds is 6. The lowest BCUT2D eigenvalue weighted by Crippen LogP contribution is -2.31. The summed E-state index contributed by atoms with van der Waals surface area (Å²) in [6.45, 7) is 2.95. The summed E-state index contributed by atoms with van der Waals surface area (Å²) in [5.74, 6) is -0.0258. The summed E-state index contributed by atoms with van der Waals surface area (Å²) < 4.78 is 1.49. The van der Waals surface area contributed by atoms with Crippen molar-refractivity contribution < 1.29 is 9.72 Å². The van der Waals surface area contributed by atoms with Gasteiger partial charge >= 0.3 is 0 Å². The summed E-state index contributed by atoms with van der Waals surface area (Å²) in [5.41, 5.74) is 6.56. The molecule has 1 aromatic carbocycles. The van der Waals surface area contributed by atoms with Crippen LogP contribution < -0.4 is 11.1 Å². The molecule has 0 saturated heterocycles. The summed E-state index contributed by atoms with van der Waals surface area (Å²) in [7, 11) is 0. The predicted molar refractivity (Wildman–Crippen MR) is 80.8 cm³/mol. The van der Waals surface area contributed by atoms with E-state index in [4.69, 9.17) is 5.73 Å². The van der Waals surface area contributed by atoms with Gasteiger partial charge < -0.3 is 11.1 Å². The van der Waals surface area contributed by atoms with E-state index in [-0.39, 0.29) is 17.5 Å². The Morgan fingerprint density at radius 1 is 1.45 bits per heavy atom. The quantitative estimate of drug-likeness (QED) is 0.612. The highest BCUT2D eigenvalue weighted by molar-refractivity contribution is 5.93. The number of aromatic nitrogens is 2. The molecule has 0 saturated carbocycles. The zero-order chi connectivity index (χ0) is 16.1. The zero-order valence-corrected chi connectivity index (χ0v) is 12.1. The van der Waals surface area contributed by atoms with Gasteiger partial charge in [-0.15, -0.1) is 0 Å². The topological polar surface area (TPSA) is 116 Å². The first-order chi connectivity index (χ1) is 10.5. The van der Waals surface area contributed by atoms with Crippen LogP contribution in [0.25, 0.3) is 5.69 Å². The summed E-state index contributed by atoms with van der Waals surface area (Å²) in [6.07, 6.45) is 3.02. The highest BCUT2D eigenvalue weighted by atomic mass is 16.6. The summed E-state index contributed by atoms with van der Waals surface area (Å²) in [4.78, 5) is 22.1. The van der Waals surface area contributed by atoms with E-state index < -0.39 is 4.92 Å². The molecule has 0 fully saturated rings. The molecule has 22 heavy (non-hydrogen) atoms. The minimum absolute atomic E-state index is 0.00430. The normalized spacial score (nSPS) is 11.9. The fraction of sp³-hybridized carbons (Fsp3) is 0.286. The molecule has 1 aromatic heterocycles. The molecule has 2 aromatic rings. The Labute approximate surface area is 127 Å². The van der Waals surface area contributed by atoms with Crippen molar-refractivity contribution in [2.75, 3.05) is 13.1 Å². The van der Waals surface area contributed by atoms with Gasteiger partial charge in [0, 0.05) is 24.9 Å². The monoisotopic (exact) mass is 303 g/mol. The standard InChI is InChI=1S/C14H17N5O3/c1-10(6-15)7-16-14(20)11-8-17-18(9-11)12-2-4-13(5-3-12)19(21)22/h2-5,8-10H,6-7,15H2,1H3,(H,16,20). The van der Waals surface area contributed by atoms with Gasteiger partial charge in [0.25, 0.3) is 11.6 Å². The number of nitrogens with two attached hydrogens (primary N) is 1. The van der Waals surface area contributed by atoms with Crippen LogP contribution in [-0.2, 0) is 0 Å². The third-order valence-electron chi connectivity index (χ3n) is 3.18. The van der Waals surface area contributed by atoms with E-state index in [0.717, 1.165) is 0 Å². The summed E-state index contributed by atoms with van der Waals surface area (Å²) in [5, 5.41) is 17.5. The highest BCUT2D eigenvalue weighted by Gasteiger charge is 2.11. The fourth-order valence-electron chi connectivity index (χ4n) is 1.76. The highest BCUT2D eigenvalue weighted by Crippen LogP contribution is 2.15. The lowest BCUT2D eigenvalue weighted by molar-refractivity contribution is -0.384. The molecule has 8 heteroatoms. The van der Waals surface area contributed by atoms with Gasteiger partial charge in [-0.1, -0.05) is 6.92 Å². The Morgan fingerprint density at radius 3 is 2.73 bits per heavy atom. The third kappa shape index (κ3) is 3.67. The van der Waals surface area contributed by atoms with Crippen molar-refractivity contribution >= 4 is 11.6 Å². The van der Waals surface area contributed by atoms with Crippen LogP contribution in [0.15, 0.2) is 36.7 Å². The van der Waals surface area contributed by atoms with E-state index >= 15 is 0 Å². The molecule has 116 valence electrons. The number of hydrogen-bond donors (Lipinski definition) is 2. The second kappa shape index (κ2) is 6.81. The van der Waals surface area contributed by atoms with Crippen LogP contribution in [0.5, 0.6) is 0 Å². The molecule has 2 rings (SSSR count). The third-order valence-corrected chi connectivity index (χ3v) is 3.18. The van der Waals surface area contributed by atoms with Crippen LogP contribution in [0.2, 0.25) is 0 Å². The SMILES string of the molecule is CC(CN)CNC(=O)c1cnn(-c2ccc([N+](=O)[O-])cc2)c1. The summed E-state index contributed by atoms with van der Waals surface area (Å²) in [6, 6.07) is 5.92. The number of nitro benzene ring substituents is 1. The molecule has 0 bridgehead atoms. The lowest BCUT2D eigenvalue weighted by atomic mass is 10.2. The molecule has 0 radical (unpaired) electrons. The first kappa shape index (κ1) is 15.6. The number of amides is 1. The number of hydrogen-bond acceptors (Lipinski definition) is 5. The van der Waals surface area contributed by atoms with Crippen LogP contribution in [0.1, 0.15) is 17.3 Å². The maximum absolute atomic E-state index is 12.0. The van der Waals surface area contributed by atoms with Crippen LogP contribution in [0, 0.1) is 16.0 Å². The van der Waals surface area contributed by atoms with Crippen LogP contribution in [-0.4, -0.2) is 33.7 Å². The van der Waals surface area contributed by atoms with E-state index in [1.807, 2.05) is 6.92 Å². The molecule has 1 heterocycles. The maximum atomic E-state index is 12.0. The molecule has 3 N–H and O–H groups in total. The van der Waals surface area contributed by atoms with Gasteiger partial charge in [0.1, 0.15) is 0 Å². The first-order valence-electron chi connectivity index (χ1n) is 6.79. The zero-order valence-electron chi connectivity index (χ0n) is 12.1. The first-order valence-corrected chi connectivity index (χ1v) is 6.79. The van der Waals surface area contributed by atoms with E-state index in [1.165, 1.54) is 23.0 Å². The van der Waals surface area contributed by atoms with Crippen LogP contribution >= 0.6 is 0 Å². The molecule has 8 nitrogen and oxygen atoms in total. The Balaban J connectivity index is 2.07. The molecular formula is C14H17N5O3. The van der Waals surface area contributed by atoms with Crippen molar-refractivity contribution in [2.24, 2.45) is 11.7 Å². The van der Waals surface area contributed by atoms with E-state index in [9.17, 15) is 14.9 Å². The Kier molecular flexibility index (Phi) is 4.84. The minimum atomic E-state index is -0.468. The van der Waals surface area contributed by atoms with E-state index in [1.54, 1.807) is 18.3 Å². The van der Waals surface area contributed by atoms with Gasteiger partial charge in [-0.05, 0) is 24.6 Å². The number of benzene rings is 1. The van der Waals surface area contributed by atoms with Gasteiger partial charge in [-0.25, -0.2) is 4.68 Å². The van der Waals surface area contributed by atoms with Crippen LogP contribution in [0.3, 0.4) is 0 Å². The van der Waals surface area contributed by atoms with Gasteiger partial charge in [0.15, 0.2) is 0 Å². The molecule has 0 spiro atoms. The maximum Gasteiger partial charge on any atom is 0.269 e. The largest absolute Gasteiger partial charge is 0.352 e. The average Bonchev–Trinajstić information content (AvgIpc) is 3.02. The van der Waals surface area contributed by atoms with Crippen LogP contribution in [0.4, 0.5) is 5.69 Å². The number of nitrogens with zero attached hydrogens (tertiary/aromatic N) is 3. The molecule has 1 unspecified atom stereocenters. The Morgan fingerprint density at radius 2 is 2.14 bits per heavy atom. The Bertz CT molecular complexity index is 665. The molecule has 1 amide bonds. The van der Waals surface area contributed by atoms with Crippen molar-refractivity contribution in [2.45, 2.75) is 6.92 Å². The fourth-order valence-corrected chi connectivity index (χ4v) is 1.76. The molecule has 0 aliphatic rings. The van der Waals surface area contributed by atoms with E-state index in [0.29, 0.717) is 24.3 Å². The van der Waals surface area contributed by atoms with Crippen molar-refractivity contribution in [3.05, 3.63) is 52.3 Å². The molecule has 0 aliphatic heterocycles. The van der Waals surface area contributed by atoms with Crippen molar-refractivity contribution in [1.82, 2.24) is 15.1 Å². The molecule has 0 aliphatic carbocycles. The van der Waals surface area contributed by atoms with Gasteiger partial charge in [-0.3, -0.25) is 14.9 Å². The minimum Gasteiger partial charge on any atom is -0.352 e. The number of nitro groups is 1. The predicted octanol–water partition coefficient (Wildman–Crippen LogP) is 1.11. The summed E-state index contributed by atoms with van der Waals surface area (Å²) >= 11 is 0. The van der Waals surface area contributed by atoms with E-state index in [2.05, 4.69) is 10.4 Å². The van der Waals surface area contributed by atoms with Crippen molar-refractivity contribution in [3.63, 3.8) is 0 Å². The van der Waals surface area contributed by atoms with Crippen molar-refractivity contribution in [1.29, 1.82) is 0 Å². The number of non-ortho nitro benzene ring substituents is 1. The van der Waals surface area contributed by atoms with Gasteiger partial charge in [-0.2, -0.15) is 5.10 Å². The van der Waals surface area contributed by atoms with Crippen molar-refractivity contribution in [3.8, 4) is 5.69 Å². The number of carbonyl (C=O) groups excluding carboxylic acids is 1. The number of carbonyl (C=O) groups is 1. The molecule has 1 atom stereocenters. The van der Waals surface area contributed by atoms with Gasteiger partial charge in [0.2, 0.25) is 0 Å². The Hall–Kier alpha value is -2.74. The second-order valence-corrected chi connectivity index (χ2v) is 5.00. The number of nitrogens with one attached hydrogen (secondary N) is 1. The van der Waals surface area contributed by atoms with Gasteiger partial charge in [0.05, 0.1) is 22.4 Å². The smallest absolute Gasteiger partial charge is 0.269 e.